The first-order valence-electron chi connectivity index (χ1n) is 8.22. The van der Waals surface area contributed by atoms with Gasteiger partial charge in [0, 0.05) is 16.3 Å². The Labute approximate surface area is 157 Å². The van der Waals surface area contributed by atoms with E-state index in [0.29, 0.717) is 0 Å². The Kier molecular flexibility index (Phi) is 6.17. The van der Waals surface area contributed by atoms with Crippen molar-refractivity contribution in [3.63, 3.8) is 0 Å². The molecule has 26 heavy (non-hydrogen) atoms. The van der Waals surface area contributed by atoms with Gasteiger partial charge in [0.15, 0.2) is 0 Å². The fraction of sp³-hybridized carbons (Fsp3) is 0.0952. The Morgan fingerprint density at radius 3 is 2.31 bits per heavy atom. The monoisotopic (exact) mass is 364 g/mol. The molecule has 3 rings (SSSR count). The highest BCUT2D eigenvalue weighted by atomic mass is 32.2. The number of methoxy groups -OCH3 is 1. The van der Waals surface area contributed by atoms with Gasteiger partial charge in [0.25, 0.3) is 0 Å². The van der Waals surface area contributed by atoms with Gasteiger partial charge in [0.05, 0.1) is 12.8 Å². The van der Waals surface area contributed by atoms with Gasteiger partial charge in [-0.3, -0.25) is 0 Å². The van der Waals surface area contributed by atoms with Gasteiger partial charge in [0.2, 0.25) is 0 Å². The third-order valence-electron chi connectivity index (χ3n) is 3.72. The predicted octanol–water partition coefficient (Wildman–Crippen LogP) is 5.63. The molecule has 2 N–H and O–H groups in total. The molecule has 0 saturated heterocycles. The average molecular weight is 364 g/mol. The van der Waals surface area contributed by atoms with Gasteiger partial charge in [-0.1, -0.05) is 42.5 Å². The summed E-state index contributed by atoms with van der Waals surface area (Å²) in [4.78, 5) is 13.3. The Hall–Kier alpha value is -2.92. The number of carbonyl (C=O) groups is 1. The highest BCUT2D eigenvalue weighted by Gasteiger charge is 2.07. The van der Waals surface area contributed by atoms with Crippen molar-refractivity contribution in [2.75, 3.05) is 17.7 Å². The normalized spacial score (nSPS) is 10.2. The summed E-state index contributed by atoms with van der Waals surface area (Å²) in [5.41, 5.74) is 2.74. The van der Waals surface area contributed by atoms with Gasteiger partial charge in [-0.2, -0.15) is 0 Å². The Morgan fingerprint density at radius 2 is 1.58 bits per heavy atom. The van der Waals surface area contributed by atoms with Gasteiger partial charge in [-0.05, 0) is 42.0 Å². The molecule has 0 aliphatic carbocycles. The maximum atomic E-state index is 12.2. The van der Waals surface area contributed by atoms with E-state index < -0.39 is 0 Å². The van der Waals surface area contributed by atoms with Crippen LogP contribution in [0.5, 0.6) is 5.75 Å². The number of amides is 2. The van der Waals surface area contributed by atoms with Crippen molar-refractivity contribution in [1.82, 2.24) is 0 Å². The van der Waals surface area contributed by atoms with E-state index in [9.17, 15) is 4.79 Å². The van der Waals surface area contributed by atoms with E-state index in [0.717, 1.165) is 27.8 Å². The van der Waals surface area contributed by atoms with Crippen LogP contribution >= 0.6 is 11.8 Å². The number of hydrogen-bond donors (Lipinski definition) is 2. The lowest BCUT2D eigenvalue weighted by Gasteiger charge is -2.12. The average Bonchev–Trinajstić information content (AvgIpc) is 2.68. The van der Waals surface area contributed by atoms with Crippen molar-refractivity contribution >= 4 is 29.2 Å². The second-order valence-electron chi connectivity index (χ2n) is 5.58. The van der Waals surface area contributed by atoms with E-state index in [1.54, 1.807) is 18.9 Å². The Balaban J connectivity index is 1.62. The number of para-hydroxylation sites is 2. The topological polar surface area (TPSA) is 50.4 Å². The first kappa shape index (κ1) is 17.9. The summed E-state index contributed by atoms with van der Waals surface area (Å²) >= 11 is 1.68. The van der Waals surface area contributed by atoms with E-state index in [1.807, 2.05) is 78.9 Å². The molecule has 4 nitrogen and oxygen atoms in total. The summed E-state index contributed by atoms with van der Waals surface area (Å²) in [6, 6.07) is 24.9. The van der Waals surface area contributed by atoms with E-state index in [2.05, 4.69) is 10.6 Å². The minimum absolute atomic E-state index is 0.256. The number of ether oxygens (including phenoxy) is 1. The van der Waals surface area contributed by atoms with Crippen molar-refractivity contribution in [3.05, 3.63) is 84.4 Å². The largest absolute Gasteiger partial charge is 0.497 e. The summed E-state index contributed by atoms with van der Waals surface area (Å²) in [7, 11) is 1.66. The molecule has 0 spiro atoms. The Morgan fingerprint density at radius 1 is 0.885 bits per heavy atom. The van der Waals surface area contributed by atoms with Crippen LogP contribution in [-0.4, -0.2) is 13.1 Å². The molecule has 0 bridgehead atoms. The molecule has 0 saturated carbocycles. The van der Waals surface area contributed by atoms with Gasteiger partial charge in [0.1, 0.15) is 5.75 Å². The molecule has 3 aromatic carbocycles. The SMILES string of the molecule is COc1ccc(CSc2ccccc2NC(=O)Nc2ccccc2)cc1. The first-order chi connectivity index (χ1) is 12.7. The summed E-state index contributed by atoms with van der Waals surface area (Å²) in [6.07, 6.45) is 0. The Bertz CT molecular complexity index is 851. The van der Waals surface area contributed by atoms with Crippen molar-refractivity contribution in [2.24, 2.45) is 0 Å². The smallest absolute Gasteiger partial charge is 0.323 e. The number of urea groups is 1. The molecular weight excluding hydrogens is 344 g/mol. The van der Waals surface area contributed by atoms with E-state index in [4.69, 9.17) is 4.74 Å². The van der Waals surface area contributed by atoms with E-state index in [1.165, 1.54) is 5.56 Å². The lowest BCUT2D eigenvalue weighted by molar-refractivity contribution is 0.262. The summed E-state index contributed by atoms with van der Waals surface area (Å²) in [5.74, 6) is 1.65. The molecule has 0 fully saturated rings. The first-order valence-corrected chi connectivity index (χ1v) is 9.21. The van der Waals surface area contributed by atoms with Crippen molar-refractivity contribution in [1.29, 1.82) is 0 Å². The molecule has 0 heterocycles. The zero-order chi connectivity index (χ0) is 18.2. The third-order valence-corrected chi connectivity index (χ3v) is 4.86. The second-order valence-corrected chi connectivity index (χ2v) is 6.60. The highest BCUT2D eigenvalue weighted by Crippen LogP contribution is 2.30. The number of rotatable bonds is 6. The van der Waals surface area contributed by atoms with Crippen LogP contribution < -0.4 is 15.4 Å². The number of hydrogen-bond acceptors (Lipinski definition) is 3. The van der Waals surface area contributed by atoms with Crippen LogP contribution in [0, 0.1) is 0 Å². The van der Waals surface area contributed by atoms with Crippen molar-refractivity contribution < 1.29 is 9.53 Å². The zero-order valence-corrected chi connectivity index (χ0v) is 15.3. The molecule has 5 heteroatoms. The maximum absolute atomic E-state index is 12.2. The molecule has 0 atom stereocenters. The fourth-order valence-electron chi connectivity index (χ4n) is 2.38. The summed E-state index contributed by atoms with van der Waals surface area (Å²) in [6.45, 7) is 0. The van der Waals surface area contributed by atoms with Crippen LogP contribution in [0.1, 0.15) is 5.56 Å². The number of carbonyl (C=O) groups excluding carboxylic acids is 1. The van der Waals surface area contributed by atoms with Crippen molar-refractivity contribution in [3.8, 4) is 5.75 Å². The van der Waals surface area contributed by atoms with Gasteiger partial charge in [-0.15, -0.1) is 11.8 Å². The van der Waals surface area contributed by atoms with Crippen LogP contribution in [-0.2, 0) is 5.75 Å². The second kappa shape index (κ2) is 8.97. The lowest BCUT2D eigenvalue weighted by atomic mass is 10.2. The number of benzene rings is 3. The minimum atomic E-state index is -0.256. The van der Waals surface area contributed by atoms with Gasteiger partial charge < -0.3 is 15.4 Å². The summed E-state index contributed by atoms with van der Waals surface area (Å²) in [5, 5.41) is 5.75. The molecule has 3 aromatic rings. The van der Waals surface area contributed by atoms with Gasteiger partial charge in [-0.25, -0.2) is 4.79 Å². The third kappa shape index (κ3) is 5.04. The fourth-order valence-corrected chi connectivity index (χ4v) is 3.35. The lowest BCUT2D eigenvalue weighted by Crippen LogP contribution is -2.19. The number of nitrogens with one attached hydrogen (secondary N) is 2. The maximum Gasteiger partial charge on any atom is 0.323 e. The van der Waals surface area contributed by atoms with E-state index >= 15 is 0 Å². The molecule has 0 unspecified atom stereocenters. The highest BCUT2D eigenvalue weighted by molar-refractivity contribution is 7.98. The number of anilines is 2. The van der Waals surface area contributed by atoms with Crippen LogP contribution in [0.3, 0.4) is 0 Å². The van der Waals surface area contributed by atoms with Crippen LogP contribution in [0.2, 0.25) is 0 Å². The van der Waals surface area contributed by atoms with Crippen LogP contribution in [0.4, 0.5) is 16.2 Å². The standard InChI is InChI=1S/C21H20N2O2S/c1-25-18-13-11-16(12-14-18)15-26-20-10-6-5-9-19(20)23-21(24)22-17-7-3-2-4-8-17/h2-14H,15H2,1H3,(H2,22,23,24). The molecule has 132 valence electrons. The molecule has 0 aliphatic heterocycles. The molecule has 0 aromatic heterocycles. The molecule has 2 amide bonds. The molecule has 0 radical (unpaired) electrons. The zero-order valence-electron chi connectivity index (χ0n) is 14.4. The van der Waals surface area contributed by atoms with E-state index in [-0.39, 0.29) is 6.03 Å². The number of thioether (sulfide) groups is 1. The molecular formula is C21H20N2O2S. The molecule has 0 aliphatic rings. The van der Waals surface area contributed by atoms with Crippen LogP contribution in [0.15, 0.2) is 83.8 Å². The predicted molar refractivity (Wildman–Crippen MR) is 108 cm³/mol. The van der Waals surface area contributed by atoms with Crippen LogP contribution in [0.25, 0.3) is 0 Å². The summed E-state index contributed by atoms with van der Waals surface area (Å²) < 4.78 is 5.18. The quantitative estimate of drug-likeness (QED) is 0.557. The minimum Gasteiger partial charge on any atom is -0.497 e. The van der Waals surface area contributed by atoms with Crippen molar-refractivity contribution in [2.45, 2.75) is 10.6 Å². The van der Waals surface area contributed by atoms with Gasteiger partial charge >= 0.3 is 6.03 Å².